The van der Waals surface area contributed by atoms with E-state index in [1.54, 1.807) is 43.1 Å². The molecular weight excluding hydrogens is 282 g/mol. The molecule has 0 bridgehead atoms. The SMILES string of the molecule is COCCn1ccc(NC(=O)CC(C)(O)c2ccccc2)n1. The summed E-state index contributed by atoms with van der Waals surface area (Å²) in [5.41, 5.74) is -0.514. The summed E-state index contributed by atoms with van der Waals surface area (Å²) in [4.78, 5) is 12.1. The molecule has 2 rings (SSSR count). The van der Waals surface area contributed by atoms with Gasteiger partial charge in [0, 0.05) is 19.4 Å². The van der Waals surface area contributed by atoms with Crippen molar-refractivity contribution in [3.8, 4) is 0 Å². The van der Waals surface area contributed by atoms with E-state index in [4.69, 9.17) is 4.74 Å². The topological polar surface area (TPSA) is 76.4 Å². The van der Waals surface area contributed by atoms with Crippen molar-refractivity contribution in [2.45, 2.75) is 25.5 Å². The number of aromatic nitrogens is 2. The van der Waals surface area contributed by atoms with Crippen molar-refractivity contribution in [1.82, 2.24) is 9.78 Å². The smallest absolute Gasteiger partial charge is 0.228 e. The van der Waals surface area contributed by atoms with Crippen LogP contribution in [-0.4, -0.2) is 34.5 Å². The number of aliphatic hydroxyl groups is 1. The molecule has 118 valence electrons. The first kappa shape index (κ1) is 16.2. The van der Waals surface area contributed by atoms with Gasteiger partial charge in [-0.05, 0) is 12.5 Å². The third kappa shape index (κ3) is 4.41. The zero-order valence-corrected chi connectivity index (χ0v) is 12.8. The molecule has 0 radical (unpaired) electrons. The Morgan fingerprint density at radius 3 is 2.77 bits per heavy atom. The highest BCUT2D eigenvalue weighted by Crippen LogP contribution is 2.24. The fourth-order valence-corrected chi connectivity index (χ4v) is 2.14. The van der Waals surface area contributed by atoms with Gasteiger partial charge >= 0.3 is 0 Å². The van der Waals surface area contributed by atoms with Crippen molar-refractivity contribution in [3.05, 3.63) is 48.2 Å². The molecule has 1 aromatic carbocycles. The maximum atomic E-state index is 12.1. The number of ether oxygens (including phenoxy) is 1. The van der Waals surface area contributed by atoms with E-state index in [9.17, 15) is 9.90 Å². The molecule has 0 saturated heterocycles. The van der Waals surface area contributed by atoms with Gasteiger partial charge in [-0.1, -0.05) is 30.3 Å². The van der Waals surface area contributed by atoms with Crippen molar-refractivity contribution in [2.24, 2.45) is 0 Å². The van der Waals surface area contributed by atoms with Gasteiger partial charge in [0.2, 0.25) is 5.91 Å². The van der Waals surface area contributed by atoms with Crippen molar-refractivity contribution in [3.63, 3.8) is 0 Å². The minimum Gasteiger partial charge on any atom is -0.385 e. The summed E-state index contributed by atoms with van der Waals surface area (Å²) in [5.74, 6) is 0.177. The second kappa shape index (κ2) is 7.20. The molecule has 6 heteroatoms. The lowest BCUT2D eigenvalue weighted by molar-refractivity contribution is -0.120. The Hall–Kier alpha value is -2.18. The average molecular weight is 303 g/mol. The van der Waals surface area contributed by atoms with Gasteiger partial charge in [-0.15, -0.1) is 0 Å². The van der Waals surface area contributed by atoms with Crippen LogP contribution in [0.5, 0.6) is 0 Å². The van der Waals surface area contributed by atoms with Gasteiger partial charge in [0.15, 0.2) is 5.82 Å². The highest BCUT2D eigenvalue weighted by atomic mass is 16.5. The maximum absolute atomic E-state index is 12.1. The van der Waals surface area contributed by atoms with Gasteiger partial charge in [-0.2, -0.15) is 5.10 Å². The Bertz CT molecular complexity index is 608. The van der Waals surface area contributed by atoms with E-state index >= 15 is 0 Å². The highest BCUT2D eigenvalue weighted by Gasteiger charge is 2.26. The third-order valence-corrected chi connectivity index (χ3v) is 3.33. The van der Waals surface area contributed by atoms with E-state index in [0.29, 0.717) is 24.5 Å². The zero-order valence-electron chi connectivity index (χ0n) is 12.8. The molecule has 6 nitrogen and oxygen atoms in total. The summed E-state index contributed by atoms with van der Waals surface area (Å²) in [7, 11) is 1.62. The number of benzene rings is 1. The first-order valence-electron chi connectivity index (χ1n) is 7.11. The highest BCUT2D eigenvalue weighted by molar-refractivity contribution is 5.90. The molecule has 1 atom stereocenters. The first-order valence-corrected chi connectivity index (χ1v) is 7.11. The number of hydrogen-bond donors (Lipinski definition) is 2. The maximum Gasteiger partial charge on any atom is 0.228 e. The normalized spacial score (nSPS) is 13.6. The number of hydrogen-bond acceptors (Lipinski definition) is 4. The number of carbonyl (C=O) groups excluding carboxylic acids is 1. The van der Waals surface area contributed by atoms with E-state index < -0.39 is 5.60 Å². The standard InChI is InChI=1S/C16H21N3O3/c1-16(21,13-6-4-3-5-7-13)12-15(20)17-14-8-9-19(18-14)10-11-22-2/h3-9,21H,10-12H2,1-2H3,(H,17,18,20). The molecule has 2 N–H and O–H groups in total. The molecule has 1 amide bonds. The molecule has 2 aromatic rings. The molecule has 0 aliphatic rings. The lowest BCUT2D eigenvalue weighted by atomic mass is 9.92. The summed E-state index contributed by atoms with van der Waals surface area (Å²) in [6.45, 7) is 2.80. The molecule has 1 aromatic heterocycles. The molecule has 0 spiro atoms. The van der Waals surface area contributed by atoms with E-state index in [1.807, 2.05) is 18.2 Å². The molecule has 22 heavy (non-hydrogen) atoms. The summed E-state index contributed by atoms with van der Waals surface area (Å²) < 4.78 is 6.66. The van der Waals surface area contributed by atoms with E-state index in [-0.39, 0.29) is 12.3 Å². The molecule has 0 aliphatic carbocycles. The van der Waals surface area contributed by atoms with Crippen molar-refractivity contribution >= 4 is 11.7 Å². The van der Waals surface area contributed by atoms with Crippen molar-refractivity contribution < 1.29 is 14.6 Å². The Labute approximate surface area is 129 Å². The van der Waals surface area contributed by atoms with Crippen LogP contribution < -0.4 is 5.32 Å². The lowest BCUT2D eigenvalue weighted by Crippen LogP contribution is -2.28. The summed E-state index contributed by atoms with van der Waals surface area (Å²) in [5, 5.41) is 17.4. The van der Waals surface area contributed by atoms with Gasteiger partial charge in [0.05, 0.1) is 25.2 Å². The number of amides is 1. The first-order chi connectivity index (χ1) is 10.5. The lowest BCUT2D eigenvalue weighted by Gasteiger charge is -2.22. The van der Waals surface area contributed by atoms with Gasteiger partial charge in [-0.25, -0.2) is 0 Å². The van der Waals surface area contributed by atoms with Crippen molar-refractivity contribution in [1.29, 1.82) is 0 Å². The Balaban J connectivity index is 1.93. The predicted molar refractivity (Wildman–Crippen MR) is 83.4 cm³/mol. The summed E-state index contributed by atoms with van der Waals surface area (Å²) >= 11 is 0. The van der Waals surface area contributed by atoms with Crippen LogP contribution in [0, 0.1) is 0 Å². The van der Waals surface area contributed by atoms with Crippen LogP contribution in [0.1, 0.15) is 18.9 Å². The van der Waals surface area contributed by atoms with Crippen LogP contribution in [0.15, 0.2) is 42.6 Å². The molecule has 0 saturated carbocycles. The van der Waals surface area contributed by atoms with Crippen LogP contribution in [0.4, 0.5) is 5.82 Å². The Kier molecular flexibility index (Phi) is 5.30. The molecule has 1 unspecified atom stereocenters. The van der Waals surface area contributed by atoms with Crippen LogP contribution in [-0.2, 0) is 21.7 Å². The van der Waals surface area contributed by atoms with Crippen LogP contribution in [0.25, 0.3) is 0 Å². The Morgan fingerprint density at radius 2 is 2.09 bits per heavy atom. The second-order valence-electron chi connectivity index (χ2n) is 5.32. The van der Waals surface area contributed by atoms with E-state index in [1.165, 1.54) is 0 Å². The van der Waals surface area contributed by atoms with Gasteiger partial charge in [0.25, 0.3) is 0 Å². The molecule has 0 aliphatic heterocycles. The van der Waals surface area contributed by atoms with Crippen LogP contribution >= 0.6 is 0 Å². The van der Waals surface area contributed by atoms with Crippen molar-refractivity contribution in [2.75, 3.05) is 19.0 Å². The Morgan fingerprint density at radius 1 is 1.36 bits per heavy atom. The molecule has 0 fully saturated rings. The third-order valence-electron chi connectivity index (χ3n) is 3.33. The van der Waals surface area contributed by atoms with Gasteiger partial charge in [-0.3, -0.25) is 9.48 Å². The largest absolute Gasteiger partial charge is 0.385 e. The van der Waals surface area contributed by atoms with Gasteiger partial charge in [0.1, 0.15) is 0 Å². The minimum atomic E-state index is -1.22. The second-order valence-corrected chi connectivity index (χ2v) is 5.32. The number of nitrogens with zero attached hydrogens (tertiary/aromatic N) is 2. The monoisotopic (exact) mass is 303 g/mol. The fourth-order valence-electron chi connectivity index (χ4n) is 2.14. The fraction of sp³-hybridized carbons (Fsp3) is 0.375. The minimum absolute atomic E-state index is 0.0397. The van der Waals surface area contributed by atoms with Crippen LogP contribution in [0.3, 0.4) is 0 Å². The molecular formula is C16H21N3O3. The number of methoxy groups -OCH3 is 1. The number of nitrogens with one attached hydrogen (secondary N) is 1. The number of anilines is 1. The van der Waals surface area contributed by atoms with E-state index in [0.717, 1.165) is 0 Å². The van der Waals surface area contributed by atoms with Gasteiger partial charge < -0.3 is 15.2 Å². The van der Waals surface area contributed by atoms with Crippen LogP contribution in [0.2, 0.25) is 0 Å². The average Bonchev–Trinajstić information content (AvgIpc) is 2.92. The predicted octanol–water partition coefficient (Wildman–Crippen LogP) is 1.77. The summed E-state index contributed by atoms with van der Waals surface area (Å²) in [6, 6.07) is 10.8. The number of rotatable bonds is 7. The van der Waals surface area contributed by atoms with E-state index in [2.05, 4.69) is 10.4 Å². The zero-order chi connectivity index (χ0) is 16.0. The quantitative estimate of drug-likeness (QED) is 0.817. The number of carbonyl (C=O) groups is 1. The molecule has 1 heterocycles. The summed E-state index contributed by atoms with van der Waals surface area (Å²) in [6.07, 6.45) is 1.73.